The summed E-state index contributed by atoms with van der Waals surface area (Å²) in [4.78, 5) is 71.2. The molecule has 46 heavy (non-hydrogen) atoms. The highest BCUT2D eigenvalue weighted by molar-refractivity contribution is 6.06. The molecule has 1 aromatic carbocycles. The van der Waals surface area contributed by atoms with Crippen molar-refractivity contribution in [1.29, 1.82) is 0 Å². The molecule has 8 rings (SSSR count). The van der Waals surface area contributed by atoms with Crippen molar-refractivity contribution in [1.82, 2.24) is 10.2 Å². The first kappa shape index (κ1) is 32.4. The van der Waals surface area contributed by atoms with E-state index in [1.54, 1.807) is 18.2 Å². The summed E-state index contributed by atoms with van der Waals surface area (Å²) in [6.45, 7) is 6.39. The van der Waals surface area contributed by atoms with Crippen molar-refractivity contribution in [2.45, 2.75) is 109 Å². The summed E-state index contributed by atoms with van der Waals surface area (Å²) in [7, 11) is 0. The Bertz CT molecular complexity index is 1440. The number of ether oxygens (including phenoxy) is 3. The third-order valence-corrected chi connectivity index (χ3v) is 10.5. The Balaban J connectivity index is 0.000000172. The second-order valence-electron chi connectivity index (χ2n) is 13.4. The van der Waals surface area contributed by atoms with Crippen molar-refractivity contribution in [3.63, 3.8) is 0 Å². The van der Waals surface area contributed by atoms with E-state index in [-0.39, 0.29) is 48.8 Å². The first-order valence-electron chi connectivity index (χ1n) is 16.0. The summed E-state index contributed by atoms with van der Waals surface area (Å²) in [6.07, 6.45) is 2.34. The van der Waals surface area contributed by atoms with Gasteiger partial charge in [0.05, 0.1) is 12.8 Å². The summed E-state index contributed by atoms with van der Waals surface area (Å²) in [5.74, 6) is -2.72. The van der Waals surface area contributed by atoms with Crippen LogP contribution in [0.25, 0.3) is 0 Å². The van der Waals surface area contributed by atoms with Crippen LogP contribution in [0.3, 0.4) is 0 Å². The minimum atomic E-state index is -1.03. The van der Waals surface area contributed by atoms with Gasteiger partial charge in [-0.15, -0.1) is 0 Å². The van der Waals surface area contributed by atoms with Crippen molar-refractivity contribution in [2.75, 3.05) is 5.73 Å². The number of piperidine rings is 1. The predicted molar refractivity (Wildman–Crippen MR) is 157 cm³/mol. The van der Waals surface area contributed by atoms with Crippen molar-refractivity contribution in [3.05, 3.63) is 29.3 Å². The number of carbonyl (C=O) groups is 5. The van der Waals surface area contributed by atoms with Crippen molar-refractivity contribution in [2.24, 2.45) is 23.7 Å². The molecule has 0 radical (unpaired) electrons. The lowest BCUT2D eigenvalue weighted by Crippen LogP contribution is -2.70. The lowest BCUT2D eigenvalue weighted by Gasteiger charge is -2.59. The number of esters is 1. The Morgan fingerprint density at radius 1 is 1.09 bits per heavy atom. The van der Waals surface area contributed by atoms with Gasteiger partial charge >= 0.3 is 11.9 Å². The molecular weight excluding hydrogens is 602 g/mol. The summed E-state index contributed by atoms with van der Waals surface area (Å²) < 4.78 is 17.8. The minimum absolute atomic E-state index is 0.0670. The molecule has 1 unspecified atom stereocenters. The number of hydrogen-bond acceptors (Lipinski definition) is 11. The third-order valence-electron chi connectivity index (χ3n) is 10.5. The lowest BCUT2D eigenvalue weighted by atomic mass is 9.58. The number of carboxylic acid groups (broad SMARTS) is 1. The van der Waals surface area contributed by atoms with Gasteiger partial charge in [-0.05, 0) is 56.6 Å². The Labute approximate surface area is 266 Å². The normalized spacial score (nSPS) is 37.7. The van der Waals surface area contributed by atoms with Crippen LogP contribution in [0.4, 0.5) is 5.69 Å². The monoisotopic (exact) mass is 643 g/mol. The number of fused-ring (bicyclic) bond motifs is 3. The second kappa shape index (κ2) is 12.2. The van der Waals surface area contributed by atoms with Gasteiger partial charge in [0.2, 0.25) is 23.9 Å². The van der Waals surface area contributed by atoms with Crippen LogP contribution in [0, 0.1) is 23.7 Å². The molecule has 6 aliphatic heterocycles. The van der Waals surface area contributed by atoms with Crippen LogP contribution in [0.5, 0.6) is 0 Å². The zero-order chi connectivity index (χ0) is 33.0. The van der Waals surface area contributed by atoms with Crippen LogP contribution in [0.2, 0.25) is 0 Å². The molecule has 14 heteroatoms. The van der Waals surface area contributed by atoms with Crippen LogP contribution < -0.4 is 11.1 Å². The zero-order valence-corrected chi connectivity index (χ0v) is 26.2. The van der Waals surface area contributed by atoms with Gasteiger partial charge in [0, 0.05) is 48.0 Å². The highest BCUT2D eigenvalue weighted by Gasteiger charge is 2.69. The van der Waals surface area contributed by atoms with Gasteiger partial charge in [0.15, 0.2) is 11.9 Å². The molecule has 6 fully saturated rings. The van der Waals surface area contributed by atoms with Gasteiger partial charge in [-0.1, -0.05) is 19.9 Å². The van der Waals surface area contributed by atoms with Gasteiger partial charge in [0.1, 0.15) is 6.04 Å². The zero-order valence-electron chi connectivity index (χ0n) is 26.2. The molecule has 14 nitrogen and oxygen atoms in total. The molecule has 5 saturated heterocycles. The Hall–Kier alpha value is -3.59. The Kier molecular flexibility index (Phi) is 8.59. The molecule has 1 spiro atoms. The van der Waals surface area contributed by atoms with E-state index >= 15 is 0 Å². The van der Waals surface area contributed by atoms with Crippen molar-refractivity contribution >= 4 is 35.3 Å². The van der Waals surface area contributed by atoms with E-state index in [2.05, 4.69) is 12.2 Å². The third kappa shape index (κ3) is 5.65. The Morgan fingerprint density at radius 2 is 1.87 bits per heavy atom. The average molecular weight is 644 g/mol. The first-order chi connectivity index (χ1) is 21.8. The SMILES string of the molecule is C[C@H]1[C@H](OC(=O)CCC(=O)O)O[C@@H]2O[C@@]3(C)CC[C@H]4[C@H](C)CC[C@@H]1[C@@]24OO3.Nc1cccc2c1CN(C1CCC(=O)NC1=O)C2=O. The fourth-order valence-corrected chi connectivity index (χ4v) is 8.01. The maximum Gasteiger partial charge on any atom is 0.308 e. The van der Waals surface area contributed by atoms with Crippen LogP contribution in [0.1, 0.15) is 88.1 Å². The van der Waals surface area contributed by atoms with Crippen LogP contribution in [-0.4, -0.2) is 69.7 Å². The van der Waals surface area contributed by atoms with Gasteiger partial charge in [-0.2, -0.15) is 0 Å². The summed E-state index contributed by atoms with van der Waals surface area (Å²) >= 11 is 0. The van der Waals surface area contributed by atoms with E-state index in [0.717, 1.165) is 24.8 Å². The summed E-state index contributed by atoms with van der Waals surface area (Å²) in [5, 5.41) is 11.0. The first-order valence-corrected chi connectivity index (χ1v) is 16.0. The number of nitrogen functional groups attached to an aromatic ring is 1. The minimum Gasteiger partial charge on any atom is -0.481 e. The quantitative estimate of drug-likeness (QED) is 0.184. The van der Waals surface area contributed by atoms with E-state index in [1.165, 1.54) is 4.90 Å². The van der Waals surface area contributed by atoms with Crippen LogP contribution >= 0.6 is 0 Å². The van der Waals surface area contributed by atoms with E-state index in [9.17, 15) is 24.0 Å². The number of carboxylic acids is 1. The molecule has 3 amide bonds. The molecule has 9 atom stereocenters. The number of amides is 3. The molecule has 1 saturated carbocycles. The van der Waals surface area contributed by atoms with Gasteiger partial charge < -0.3 is 30.0 Å². The smallest absolute Gasteiger partial charge is 0.308 e. The number of rotatable bonds is 5. The molecule has 250 valence electrons. The van der Waals surface area contributed by atoms with Gasteiger partial charge in [-0.25, -0.2) is 9.78 Å². The number of anilines is 1. The van der Waals surface area contributed by atoms with Crippen molar-refractivity contribution in [3.8, 4) is 0 Å². The fourth-order valence-electron chi connectivity index (χ4n) is 8.01. The van der Waals surface area contributed by atoms with E-state index < -0.39 is 47.9 Å². The average Bonchev–Trinajstić information content (AvgIpc) is 3.17. The number of imide groups is 1. The van der Waals surface area contributed by atoms with Crippen LogP contribution in [0.15, 0.2) is 18.2 Å². The number of nitrogens with one attached hydrogen (secondary N) is 1. The van der Waals surface area contributed by atoms with Crippen LogP contribution in [-0.2, 0) is 49.7 Å². The number of nitrogens with zero attached hydrogens (tertiary/aromatic N) is 1. The van der Waals surface area contributed by atoms with Gasteiger partial charge in [-0.3, -0.25) is 29.3 Å². The maximum atomic E-state index is 12.3. The number of nitrogens with two attached hydrogens (primary N) is 1. The van der Waals surface area contributed by atoms with E-state index in [0.29, 0.717) is 36.6 Å². The molecule has 4 N–H and O–H groups in total. The number of aliphatic carboxylic acids is 1. The number of benzene rings is 1. The van der Waals surface area contributed by atoms with Crippen molar-refractivity contribution < 1.29 is 53.1 Å². The molecular formula is C32H41N3O11. The van der Waals surface area contributed by atoms with E-state index in [1.807, 2.05) is 13.8 Å². The maximum absolute atomic E-state index is 12.3. The molecule has 6 heterocycles. The molecule has 1 aliphatic carbocycles. The van der Waals surface area contributed by atoms with E-state index in [4.69, 9.17) is 34.8 Å². The highest BCUT2D eigenvalue weighted by Crippen LogP contribution is 2.60. The van der Waals surface area contributed by atoms with Gasteiger partial charge in [0.25, 0.3) is 5.91 Å². The summed E-state index contributed by atoms with van der Waals surface area (Å²) in [6, 6.07) is 4.58. The topological polar surface area (TPSA) is 193 Å². The fraction of sp³-hybridized carbons (Fsp3) is 0.656. The molecule has 2 bridgehead atoms. The number of carbonyl (C=O) groups excluding carboxylic acids is 4. The molecule has 0 aromatic heterocycles. The Morgan fingerprint density at radius 3 is 2.59 bits per heavy atom. The highest BCUT2D eigenvalue weighted by atomic mass is 17.3. The molecule has 1 aromatic rings. The predicted octanol–water partition coefficient (Wildman–Crippen LogP) is 2.63. The number of hydrogen-bond donors (Lipinski definition) is 3. The lowest BCUT2D eigenvalue weighted by molar-refractivity contribution is -0.576. The molecule has 7 aliphatic rings. The summed E-state index contributed by atoms with van der Waals surface area (Å²) in [5.41, 5.74) is 7.02. The largest absolute Gasteiger partial charge is 0.481 e. The standard InChI is InChI=1S/C19H28O8.C13H13N3O3/c1-10-4-5-13-11(2)16(23-15(22)7-6-14(20)21)24-17-19(13)12(10)8-9-18(3,25-17)26-27-19;14-9-3-1-2-7-8(9)6-16(13(7)19)10-4-5-11(17)15-12(10)18/h10-13,16-17H,4-9H2,1-3H3,(H,20,21);1-3,10H,4-6,14H2,(H,15,17,18)/t10-,11-,12+,13+,16-,17-,18-,19-;/m1./s1. The second-order valence-corrected chi connectivity index (χ2v) is 13.4.